The molecule has 1 unspecified atom stereocenters. The van der Waals surface area contributed by atoms with Crippen LogP contribution in [0.3, 0.4) is 0 Å². The second-order valence-corrected chi connectivity index (χ2v) is 10.4. The molecule has 2 aliphatic rings. The number of phenolic OH excluding ortho intramolecular Hbond substituents is 2. The van der Waals surface area contributed by atoms with Crippen LogP contribution in [-0.2, 0) is 0 Å². The molecule has 6 heteroatoms. The number of ether oxygens (including phenoxy) is 2. The van der Waals surface area contributed by atoms with Crippen LogP contribution in [0.2, 0.25) is 5.02 Å². The molecule has 3 aromatic rings. The van der Waals surface area contributed by atoms with Crippen molar-refractivity contribution in [1.29, 1.82) is 0 Å². The zero-order valence-electron chi connectivity index (χ0n) is 20.9. The minimum Gasteiger partial charge on any atom is -0.508 e. The molecule has 0 aliphatic carbocycles. The summed E-state index contributed by atoms with van der Waals surface area (Å²) in [5.74, 6) is 2.43. The number of fused-ring (bicyclic) bond motifs is 1. The zero-order valence-corrected chi connectivity index (χ0v) is 21.6. The van der Waals surface area contributed by atoms with Crippen LogP contribution < -0.4 is 9.47 Å². The van der Waals surface area contributed by atoms with Gasteiger partial charge < -0.3 is 19.7 Å². The van der Waals surface area contributed by atoms with E-state index >= 15 is 0 Å². The molecule has 3 atom stereocenters. The number of allylic oxidation sites excluding steroid dienone is 1. The van der Waals surface area contributed by atoms with Crippen LogP contribution >= 0.6 is 11.6 Å². The van der Waals surface area contributed by atoms with Gasteiger partial charge in [0.25, 0.3) is 0 Å². The highest BCUT2D eigenvalue weighted by molar-refractivity contribution is 6.34. The molecule has 5 nitrogen and oxygen atoms in total. The first kappa shape index (κ1) is 24.5. The summed E-state index contributed by atoms with van der Waals surface area (Å²) in [4.78, 5) is 2.49. The van der Waals surface area contributed by atoms with Gasteiger partial charge >= 0.3 is 0 Å². The summed E-state index contributed by atoms with van der Waals surface area (Å²) in [5, 5.41) is 20.6. The van der Waals surface area contributed by atoms with E-state index in [1.807, 2.05) is 37.3 Å². The maximum absolute atomic E-state index is 10.3. The van der Waals surface area contributed by atoms with Gasteiger partial charge in [-0.15, -0.1) is 0 Å². The van der Waals surface area contributed by atoms with Gasteiger partial charge in [0.05, 0.1) is 5.02 Å². The number of halogens is 1. The van der Waals surface area contributed by atoms with E-state index in [9.17, 15) is 10.2 Å². The smallest absolute Gasteiger partial charge is 0.150 e. The normalized spacial score (nSPS) is 20.7. The Morgan fingerprint density at radius 2 is 1.86 bits per heavy atom. The number of nitrogens with zero attached hydrogens (tertiary/aromatic N) is 1. The molecule has 2 aliphatic heterocycles. The number of phenols is 2. The van der Waals surface area contributed by atoms with Gasteiger partial charge in [-0.05, 0) is 80.3 Å². The molecule has 36 heavy (non-hydrogen) atoms. The van der Waals surface area contributed by atoms with Crippen LogP contribution in [0.5, 0.6) is 23.0 Å². The molecule has 0 amide bonds. The van der Waals surface area contributed by atoms with Crippen molar-refractivity contribution in [2.24, 2.45) is 5.92 Å². The van der Waals surface area contributed by atoms with Gasteiger partial charge in [0.2, 0.25) is 0 Å². The van der Waals surface area contributed by atoms with Crippen molar-refractivity contribution >= 4 is 22.7 Å². The minimum absolute atomic E-state index is 0.0141. The lowest BCUT2D eigenvalue weighted by atomic mass is 9.86. The largest absolute Gasteiger partial charge is 0.508 e. The summed E-state index contributed by atoms with van der Waals surface area (Å²) in [6.07, 6.45) is 0.808. The molecule has 1 saturated heterocycles. The summed E-state index contributed by atoms with van der Waals surface area (Å²) in [6, 6.07) is 18.6. The quantitative estimate of drug-likeness (QED) is 0.380. The SMILES string of the molecule is CC1=C(c2cccc(O)c2Cl)C(c2ccc(OC[C@H](C)N3CC[C@@H](C)C3)cc2)Oc2ccc(O)cc21. The zero-order chi connectivity index (χ0) is 25.4. The maximum Gasteiger partial charge on any atom is 0.150 e. The average molecular weight is 506 g/mol. The Kier molecular flexibility index (Phi) is 6.87. The Hall–Kier alpha value is -3.15. The van der Waals surface area contributed by atoms with E-state index in [1.54, 1.807) is 30.3 Å². The molecule has 188 valence electrons. The molecule has 0 radical (unpaired) electrons. The molecule has 1 fully saturated rings. The molecular weight excluding hydrogens is 474 g/mol. The predicted octanol–water partition coefficient (Wildman–Crippen LogP) is 6.92. The van der Waals surface area contributed by atoms with Crippen LogP contribution in [0.15, 0.2) is 60.7 Å². The van der Waals surface area contributed by atoms with Gasteiger partial charge in [-0.3, -0.25) is 4.90 Å². The third-order valence-corrected chi connectivity index (χ3v) is 7.70. The van der Waals surface area contributed by atoms with Crippen molar-refractivity contribution < 1.29 is 19.7 Å². The highest BCUT2D eigenvalue weighted by atomic mass is 35.5. The molecular formula is C30H32ClNO4. The Bertz CT molecular complexity index is 1290. The molecule has 3 aromatic carbocycles. The van der Waals surface area contributed by atoms with Crippen molar-refractivity contribution in [3.05, 3.63) is 82.4 Å². The summed E-state index contributed by atoms with van der Waals surface area (Å²) in [6.45, 7) is 9.42. The topological polar surface area (TPSA) is 62.2 Å². The summed E-state index contributed by atoms with van der Waals surface area (Å²) < 4.78 is 12.6. The standard InChI is InChI=1S/C30H32ClNO4/c1-18-13-14-32(16-18)19(2)17-35-23-10-7-21(8-11-23)30-28(24-5-4-6-26(34)29(24)31)20(3)25-15-22(33)9-12-27(25)36-30/h4-12,15,18-19,30,33-34H,13-14,16-17H2,1-3H3/t18-,19+,30?/m1/s1. The van der Waals surface area contributed by atoms with Crippen LogP contribution in [0.25, 0.3) is 11.1 Å². The third-order valence-electron chi connectivity index (χ3n) is 7.30. The van der Waals surface area contributed by atoms with Crippen molar-refractivity contribution in [2.45, 2.75) is 39.3 Å². The summed E-state index contributed by atoms with van der Waals surface area (Å²) in [7, 11) is 0. The number of rotatable bonds is 6. The first-order valence-corrected chi connectivity index (χ1v) is 12.8. The van der Waals surface area contributed by atoms with Crippen LogP contribution in [-0.4, -0.2) is 40.9 Å². The second kappa shape index (κ2) is 10.1. The van der Waals surface area contributed by atoms with E-state index in [0.29, 0.717) is 24.0 Å². The molecule has 2 heterocycles. The van der Waals surface area contributed by atoms with E-state index in [-0.39, 0.29) is 16.5 Å². The Morgan fingerprint density at radius 3 is 2.58 bits per heavy atom. The Morgan fingerprint density at radius 1 is 1.08 bits per heavy atom. The predicted molar refractivity (Wildman–Crippen MR) is 144 cm³/mol. The van der Waals surface area contributed by atoms with E-state index in [0.717, 1.165) is 47.0 Å². The lowest BCUT2D eigenvalue weighted by molar-refractivity contribution is 0.169. The summed E-state index contributed by atoms with van der Waals surface area (Å²) in [5.41, 5.74) is 4.21. The van der Waals surface area contributed by atoms with Gasteiger partial charge in [-0.2, -0.15) is 0 Å². The first-order valence-electron chi connectivity index (χ1n) is 12.5. The number of hydrogen-bond donors (Lipinski definition) is 2. The van der Waals surface area contributed by atoms with Gasteiger partial charge in [-0.25, -0.2) is 0 Å². The van der Waals surface area contributed by atoms with Crippen molar-refractivity contribution in [1.82, 2.24) is 4.90 Å². The number of benzene rings is 3. The monoisotopic (exact) mass is 505 g/mol. The summed E-state index contributed by atoms with van der Waals surface area (Å²) >= 11 is 6.55. The molecule has 2 N–H and O–H groups in total. The van der Waals surface area contributed by atoms with Gasteiger partial charge in [0.15, 0.2) is 0 Å². The minimum atomic E-state index is -0.444. The van der Waals surface area contributed by atoms with Gasteiger partial charge in [0, 0.05) is 29.3 Å². The first-order chi connectivity index (χ1) is 17.3. The van der Waals surface area contributed by atoms with Crippen molar-refractivity contribution in [3.8, 4) is 23.0 Å². The van der Waals surface area contributed by atoms with E-state index in [2.05, 4.69) is 18.7 Å². The fourth-order valence-electron chi connectivity index (χ4n) is 5.18. The van der Waals surface area contributed by atoms with Crippen molar-refractivity contribution in [3.63, 3.8) is 0 Å². The third kappa shape index (κ3) is 4.78. The fraction of sp³-hybridized carbons (Fsp3) is 0.333. The molecule has 0 bridgehead atoms. The van der Waals surface area contributed by atoms with E-state index < -0.39 is 6.10 Å². The van der Waals surface area contributed by atoms with Crippen LogP contribution in [0.1, 0.15) is 50.0 Å². The van der Waals surface area contributed by atoms with Gasteiger partial charge in [0.1, 0.15) is 35.7 Å². The number of likely N-dealkylation sites (tertiary alicyclic amines) is 1. The molecule has 0 aromatic heterocycles. The lowest BCUT2D eigenvalue weighted by Gasteiger charge is -2.31. The highest BCUT2D eigenvalue weighted by Crippen LogP contribution is 2.49. The second-order valence-electron chi connectivity index (χ2n) is 9.97. The molecule has 5 rings (SSSR count). The van der Waals surface area contributed by atoms with E-state index in [4.69, 9.17) is 21.1 Å². The lowest BCUT2D eigenvalue weighted by Crippen LogP contribution is -2.35. The number of hydrogen-bond acceptors (Lipinski definition) is 5. The Labute approximate surface area is 217 Å². The van der Waals surface area contributed by atoms with Crippen LogP contribution in [0, 0.1) is 5.92 Å². The Balaban J connectivity index is 1.43. The highest BCUT2D eigenvalue weighted by Gasteiger charge is 2.31. The maximum atomic E-state index is 10.3. The molecule has 0 saturated carbocycles. The molecule has 0 spiro atoms. The average Bonchev–Trinajstić information content (AvgIpc) is 3.31. The number of aromatic hydroxyl groups is 2. The van der Waals surface area contributed by atoms with Gasteiger partial charge in [-0.1, -0.05) is 42.8 Å². The van der Waals surface area contributed by atoms with Crippen molar-refractivity contribution in [2.75, 3.05) is 19.7 Å². The van der Waals surface area contributed by atoms with E-state index in [1.165, 1.54) is 6.42 Å². The van der Waals surface area contributed by atoms with Crippen LogP contribution in [0.4, 0.5) is 0 Å². The fourth-order valence-corrected chi connectivity index (χ4v) is 5.41.